The van der Waals surface area contributed by atoms with Crippen molar-refractivity contribution in [1.82, 2.24) is 9.91 Å². The predicted octanol–water partition coefficient (Wildman–Crippen LogP) is 5.42. The van der Waals surface area contributed by atoms with E-state index in [0.29, 0.717) is 19.9 Å². The molecule has 0 aliphatic carbocycles. The number of ether oxygens (including phenoxy) is 2. The molecule has 0 saturated heterocycles. The van der Waals surface area contributed by atoms with Gasteiger partial charge in [0.15, 0.2) is 0 Å². The average Bonchev–Trinajstić information content (AvgIpc) is 3.03. The van der Waals surface area contributed by atoms with Crippen LogP contribution in [-0.4, -0.2) is 65.2 Å². The minimum Gasteiger partial charge on any atom is -0.374 e. The van der Waals surface area contributed by atoms with Crippen LogP contribution in [0.2, 0.25) is 25.7 Å². The van der Waals surface area contributed by atoms with Crippen molar-refractivity contribution in [3.8, 4) is 0 Å². The van der Waals surface area contributed by atoms with Crippen molar-refractivity contribution in [3.63, 3.8) is 0 Å². The van der Waals surface area contributed by atoms with E-state index in [1.165, 1.54) is 20.9 Å². The van der Waals surface area contributed by atoms with Crippen molar-refractivity contribution in [3.05, 3.63) is 58.4 Å². The second-order valence-electron chi connectivity index (χ2n) is 10.0. The van der Waals surface area contributed by atoms with Gasteiger partial charge in [-0.2, -0.15) is 5.10 Å². The van der Waals surface area contributed by atoms with E-state index in [1.54, 1.807) is 11.3 Å². The highest BCUT2D eigenvalue weighted by Gasteiger charge is 2.18. The predicted molar refractivity (Wildman–Crippen MR) is 143 cm³/mol. The van der Waals surface area contributed by atoms with E-state index < -0.39 is 8.07 Å². The molecule has 0 radical (unpaired) electrons. The molecule has 4 rings (SSSR count). The van der Waals surface area contributed by atoms with Gasteiger partial charge in [-0.1, -0.05) is 50.0 Å². The maximum absolute atomic E-state index is 6.10. The van der Waals surface area contributed by atoms with E-state index in [9.17, 15) is 0 Å². The monoisotopic (exact) mass is 481 g/mol. The third kappa shape index (κ3) is 6.10. The molecule has 0 N–H and O–H groups in total. The molecule has 0 bridgehead atoms. The van der Waals surface area contributed by atoms with Crippen LogP contribution in [-0.2, 0) is 9.47 Å². The first kappa shape index (κ1) is 24.1. The summed E-state index contributed by atoms with van der Waals surface area (Å²) in [7, 11) is 2.98. The van der Waals surface area contributed by atoms with Gasteiger partial charge in [0.1, 0.15) is 6.73 Å². The fourth-order valence-corrected chi connectivity index (χ4v) is 5.39. The first-order valence-electron chi connectivity index (χ1n) is 11.6. The van der Waals surface area contributed by atoms with Crippen LogP contribution >= 0.6 is 11.3 Å². The minimum atomic E-state index is -1.14. The Morgan fingerprint density at radius 1 is 1.03 bits per heavy atom. The van der Waals surface area contributed by atoms with Crippen LogP contribution in [0.5, 0.6) is 0 Å². The first-order valence-corrected chi connectivity index (χ1v) is 16.2. The summed E-state index contributed by atoms with van der Waals surface area (Å²) in [6.45, 7) is 10.4. The summed E-state index contributed by atoms with van der Waals surface area (Å²) in [5.41, 5.74) is 2.15. The SMILES string of the molecule is CN(C)CCOCC1=Cc2cccc3c(cc4cccsc43)c2=NN1COCC[Si](C)(C)C. The smallest absolute Gasteiger partial charge is 0.139 e. The highest BCUT2D eigenvalue weighted by atomic mass is 32.1. The van der Waals surface area contributed by atoms with Crippen LogP contribution in [0.1, 0.15) is 5.56 Å². The summed E-state index contributed by atoms with van der Waals surface area (Å²) in [6, 6.07) is 14.2. The fraction of sp³-hybridized carbons (Fsp3) is 0.423. The van der Waals surface area contributed by atoms with Gasteiger partial charge in [0, 0.05) is 42.3 Å². The number of hydrogen-bond donors (Lipinski definition) is 0. The van der Waals surface area contributed by atoms with Gasteiger partial charge in [0.05, 0.1) is 24.3 Å². The Morgan fingerprint density at radius 2 is 1.88 bits per heavy atom. The summed E-state index contributed by atoms with van der Waals surface area (Å²) in [5, 5.41) is 13.9. The Kier molecular flexibility index (Phi) is 7.66. The minimum absolute atomic E-state index is 0.440. The zero-order valence-corrected chi connectivity index (χ0v) is 22.2. The molecular weight excluding hydrogens is 446 g/mol. The molecule has 2 aromatic carbocycles. The Hall–Kier alpha value is -2.03. The molecule has 1 aromatic heterocycles. The van der Waals surface area contributed by atoms with Gasteiger partial charge < -0.3 is 14.4 Å². The molecule has 0 spiro atoms. The van der Waals surface area contributed by atoms with Crippen molar-refractivity contribution in [2.75, 3.05) is 47.2 Å². The average molecular weight is 482 g/mol. The van der Waals surface area contributed by atoms with Gasteiger partial charge in [-0.3, -0.25) is 0 Å². The van der Waals surface area contributed by atoms with Crippen molar-refractivity contribution in [1.29, 1.82) is 0 Å². The van der Waals surface area contributed by atoms with E-state index in [4.69, 9.17) is 14.6 Å². The number of rotatable bonds is 10. The van der Waals surface area contributed by atoms with Gasteiger partial charge >= 0.3 is 0 Å². The lowest BCUT2D eigenvalue weighted by molar-refractivity contribution is 0.0378. The zero-order valence-electron chi connectivity index (χ0n) is 20.4. The maximum Gasteiger partial charge on any atom is 0.139 e. The topological polar surface area (TPSA) is 37.3 Å². The third-order valence-electron chi connectivity index (χ3n) is 5.72. The molecule has 0 unspecified atom stereocenters. The van der Waals surface area contributed by atoms with E-state index >= 15 is 0 Å². The quantitative estimate of drug-likeness (QED) is 0.286. The van der Waals surface area contributed by atoms with Gasteiger partial charge in [-0.25, -0.2) is 5.01 Å². The van der Waals surface area contributed by atoms with Crippen molar-refractivity contribution in [2.45, 2.75) is 25.7 Å². The lowest BCUT2D eigenvalue weighted by atomic mass is 10.1. The molecular formula is C26H35N3O2SSi. The van der Waals surface area contributed by atoms with E-state index in [2.05, 4.69) is 86.5 Å². The van der Waals surface area contributed by atoms with E-state index in [0.717, 1.165) is 35.8 Å². The van der Waals surface area contributed by atoms with Gasteiger partial charge in [0.25, 0.3) is 0 Å². The Morgan fingerprint density at radius 3 is 2.67 bits per heavy atom. The van der Waals surface area contributed by atoms with Crippen LogP contribution in [0.25, 0.3) is 26.9 Å². The first-order chi connectivity index (χ1) is 15.8. The second-order valence-corrected chi connectivity index (χ2v) is 16.6. The highest BCUT2D eigenvalue weighted by molar-refractivity contribution is 7.17. The molecule has 1 aliphatic heterocycles. The van der Waals surface area contributed by atoms with Gasteiger partial charge in [-0.15, -0.1) is 11.3 Å². The second kappa shape index (κ2) is 10.5. The van der Waals surface area contributed by atoms with Crippen molar-refractivity contribution < 1.29 is 9.47 Å². The largest absolute Gasteiger partial charge is 0.374 e. The Balaban J connectivity index is 1.67. The number of likely N-dealkylation sites (N-methyl/N-ethyl adjacent to an activating group) is 1. The maximum atomic E-state index is 6.10. The number of fused-ring (bicyclic) bond motifs is 5. The third-order valence-corrected chi connectivity index (χ3v) is 8.41. The van der Waals surface area contributed by atoms with Crippen molar-refractivity contribution >= 4 is 46.3 Å². The molecule has 5 nitrogen and oxygen atoms in total. The van der Waals surface area contributed by atoms with Gasteiger partial charge in [-0.05, 0) is 43.0 Å². The van der Waals surface area contributed by atoms with E-state index in [1.807, 2.05) is 5.01 Å². The fourth-order valence-electron chi connectivity index (χ4n) is 3.77. The van der Waals surface area contributed by atoms with Crippen molar-refractivity contribution in [2.24, 2.45) is 5.10 Å². The Labute approximate surface area is 201 Å². The van der Waals surface area contributed by atoms with Crippen LogP contribution < -0.4 is 5.36 Å². The van der Waals surface area contributed by atoms with E-state index in [-0.39, 0.29) is 0 Å². The molecule has 0 fully saturated rings. The molecule has 2 heterocycles. The zero-order chi connectivity index (χ0) is 23.4. The molecule has 7 heteroatoms. The summed E-state index contributed by atoms with van der Waals surface area (Å²) >= 11 is 1.78. The van der Waals surface area contributed by atoms with Crippen LogP contribution in [0, 0.1) is 0 Å². The van der Waals surface area contributed by atoms with Crippen LogP contribution in [0.15, 0.2) is 52.6 Å². The molecule has 33 heavy (non-hydrogen) atoms. The Bertz CT molecular complexity index is 1210. The standard InChI is InChI=1S/C26H35N3O2SSi/c1-28(2)11-12-30-18-22-16-20-8-6-10-23-24(17-21-9-7-14-32-26(21)23)25(20)27-29(22)19-31-13-15-33(3,4)5/h6-10,14,16-17H,11-13,15,18-19H2,1-5H3. The number of nitrogens with zero attached hydrogens (tertiary/aromatic N) is 3. The molecule has 3 aromatic rings. The van der Waals surface area contributed by atoms with Crippen LogP contribution in [0.4, 0.5) is 0 Å². The molecule has 0 saturated carbocycles. The molecule has 0 amide bonds. The normalized spacial score (nSPS) is 14.0. The lowest BCUT2D eigenvalue weighted by Crippen LogP contribution is -2.31. The molecule has 176 valence electrons. The summed E-state index contributed by atoms with van der Waals surface area (Å²) in [4.78, 5) is 2.13. The summed E-state index contributed by atoms with van der Waals surface area (Å²) in [5.74, 6) is 0. The lowest BCUT2D eigenvalue weighted by Gasteiger charge is -2.26. The number of hydrogen-bond acceptors (Lipinski definition) is 6. The summed E-state index contributed by atoms with van der Waals surface area (Å²) < 4.78 is 13.4. The van der Waals surface area contributed by atoms with Crippen LogP contribution in [0.3, 0.4) is 0 Å². The highest BCUT2D eigenvalue weighted by Crippen LogP contribution is 2.30. The molecule has 1 aliphatic rings. The van der Waals surface area contributed by atoms with Gasteiger partial charge in [0.2, 0.25) is 0 Å². The molecule has 0 atom stereocenters. The summed E-state index contributed by atoms with van der Waals surface area (Å²) in [6.07, 6.45) is 2.21.